The van der Waals surface area contributed by atoms with E-state index >= 15 is 0 Å². The van der Waals surface area contributed by atoms with Crippen LogP contribution < -0.4 is 0 Å². The van der Waals surface area contributed by atoms with Crippen molar-refractivity contribution < 1.29 is 21.2 Å². The fourth-order valence-electron chi connectivity index (χ4n) is 19.2. The molecule has 0 N–H and O–H groups in total. The molecule has 0 atom stereocenters. The van der Waals surface area contributed by atoms with Gasteiger partial charge < -0.3 is 19.4 Å². The molecule has 716 valence electrons. The summed E-state index contributed by atoms with van der Waals surface area (Å²) < 4.78 is 1.54. The van der Waals surface area contributed by atoms with E-state index in [2.05, 4.69) is 104 Å². The van der Waals surface area contributed by atoms with E-state index in [4.69, 9.17) is 0 Å². The zero-order chi connectivity index (χ0) is 87.0. The molecule has 3 heteroatoms. The van der Waals surface area contributed by atoms with Crippen LogP contribution in [0.3, 0.4) is 0 Å². The Balaban J connectivity index is 0.00000201. The van der Waals surface area contributed by atoms with Crippen molar-refractivity contribution in [2.75, 3.05) is 0 Å². The fourth-order valence-corrected chi connectivity index (χ4v) is 19.2. The minimum atomic E-state index is 0. The summed E-state index contributed by atoms with van der Waals surface area (Å²) in [6, 6.07) is 18.1. The topological polar surface area (TPSA) is 25.3 Å². The van der Waals surface area contributed by atoms with E-state index in [0.29, 0.717) is 0 Å². The molecule has 0 radical (unpaired) electrons. The van der Waals surface area contributed by atoms with Crippen LogP contribution in [-0.4, -0.2) is 4.70 Å². The SMILES string of the molecule is CCCCCCCCCCCCCCCCCCCCCCCCCCCCCc1cccc(C2=C(CCCCCCCC)C(C)=C(c3ccc(CCCCC)cc3)[N+]2=[N-])c1.[CH2-]CCCCCCCCCCCCCCCCCCCCCCCCCCCCC.[CH2-]CCCCCCCCCCCCCCCCCCCCCCCCCCCCC.[Ni+2]. The van der Waals surface area contributed by atoms with Crippen LogP contribution in [0.15, 0.2) is 59.7 Å². The van der Waals surface area contributed by atoms with E-state index in [1.807, 2.05) is 0 Å². The summed E-state index contributed by atoms with van der Waals surface area (Å²) in [7, 11) is 0. The Morgan fingerprint density at radius 3 is 0.623 bits per heavy atom. The number of rotatable bonds is 95. The molecule has 122 heavy (non-hydrogen) atoms. The molecule has 1 aliphatic rings. The summed E-state index contributed by atoms with van der Waals surface area (Å²) in [5, 5.41) is 0. The number of hydrogen-bond acceptors (Lipinski definition) is 0. The zero-order valence-electron chi connectivity index (χ0n) is 84.4. The molecule has 1 heterocycles. The van der Waals surface area contributed by atoms with Crippen LogP contribution in [0.25, 0.3) is 16.9 Å². The fraction of sp³-hybridized carbons (Fsp3) is 0.849. The Kier molecular flexibility index (Phi) is 99.5. The molecule has 0 saturated carbocycles. The third-order valence-corrected chi connectivity index (χ3v) is 27.6. The van der Waals surface area contributed by atoms with E-state index in [1.165, 1.54) is 605 Å². The average Bonchev–Trinajstić information content (AvgIpc) is 1.61. The van der Waals surface area contributed by atoms with Crippen molar-refractivity contribution >= 4 is 11.4 Å². The van der Waals surface area contributed by atoms with Crippen LogP contribution in [0.1, 0.15) is 661 Å². The first kappa shape index (κ1) is 120. The number of allylic oxidation sites excluding steroid dienone is 2. The summed E-state index contributed by atoms with van der Waals surface area (Å²) >= 11 is 0. The zero-order valence-corrected chi connectivity index (χ0v) is 85.4. The molecule has 0 amide bonds. The minimum absolute atomic E-state index is 0. The van der Waals surface area contributed by atoms with Gasteiger partial charge in [0.25, 0.3) is 0 Å². The van der Waals surface area contributed by atoms with Gasteiger partial charge in [-0.05, 0) is 80.8 Å². The Bertz CT molecular complexity index is 2300. The van der Waals surface area contributed by atoms with Gasteiger partial charge in [-0.15, -0.1) is 0 Å². The van der Waals surface area contributed by atoms with Crippen molar-refractivity contribution in [2.24, 2.45) is 0 Å². The quantitative estimate of drug-likeness (QED) is 0.0273. The maximum Gasteiger partial charge on any atom is 2.00 e. The summed E-state index contributed by atoms with van der Waals surface area (Å²) in [6.07, 6.45) is 135. The number of hydrogen-bond donors (Lipinski definition) is 0. The van der Waals surface area contributed by atoms with E-state index in [-0.39, 0.29) is 16.5 Å². The first-order valence-corrected chi connectivity index (χ1v) is 56.6. The molecular formula is C119H220N2Ni. The number of aryl methyl sites for hydroxylation is 2. The van der Waals surface area contributed by atoms with Gasteiger partial charge >= 0.3 is 16.5 Å². The molecule has 1 aliphatic heterocycles. The predicted octanol–water partition coefficient (Wildman–Crippen LogP) is 44.0. The Morgan fingerprint density at radius 1 is 0.205 bits per heavy atom. The van der Waals surface area contributed by atoms with Gasteiger partial charge in [0.1, 0.15) is 0 Å². The van der Waals surface area contributed by atoms with E-state index in [1.54, 1.807) is 0 Å². The number of nitrogens with zero attached hydrogens (tertiary/aromatic N) is 2. The maximum atomic E-state index is 11.9. The molecule has 0 fully saturated rings. The van der Waals surface area contributed by atoms with Gasteiger partial charge in [-0.25, -0.2) is 4.70 Å². The molecule has 0 unspecified atom stereocenters. The first-order valence-electron chi connectivity index (χ1n) is 56.6. The van der Waals surface area contributed by atoms with Crippen LogP contribution in [0, 0.1) is 13.8 Å². The molecule has 0 bridgehead atoms. The summed E-state index contributed by atoms with van der Waals surface area (Å²) in [4.78, 5) is 0. The van der Waals surface area contributed by atoms with Crippen molar-refractivity contribution in [3.8, 4) is 0 Å². The molecule has 2 aromatic rings. The third-order valence-electron chi connectivity index (χ3n) is 27.6. The molecule has 0 spiro atoms. The smallest absolute Gasteiger partial charge is 0.493 e. The van der Waals surface area contributed by atoms with Gasteiger partial charge in [-0.1, -0.05) is 617 Å². The van der Waals surface area contributed by atoms with E-state index in [9.17, 15) is 5.53 Å². The largest absolute Gasteiger partial charge is 2.00 e. The van der Waals surface area contributed by atoms with Crippen LogP contribution in [0.5, 0.6) is 0 Å². The minimum Gasteiger partial charge on any atom is -0.493 e. The molecule has 2 nitrogen and oxygen atoms in total. The van der Waals surface area contributed by atoms with Crippen LogP contribution in [0.2, 0.25) is 0 Å². The van der Waals surface area contributed by atoms with Crippen LogP contribution in [-0.2, 0) is 29.3 Å². The molecule has 0 aliphatic carbocycles. The maximum absolute atomic E-state index is 11.9. The Hall–Kier alpha value is -1.99. The molecule has 3 rings (SSSR count). The predicted molar refractivity (Wildman–Crippen MR) is 552 cm³/mol. The van der Waals surface area contributed by atoms with Gasteiger partial charge in [0.15, 0.2) is 0 Å². The third kappa shape index (κ3) is 80.1. The summed E-state index contributed by atoms with van der Waals surface area (Å²) in [6.45, 7) is 21.5. The average molecular weight is 1740 g/mol. The van der Waals surface area contributed by atoms with E-state index < -0.39 is 0 Å². The van der Waals surface area contributed by atoms with Crippen molar-refractivity contribution in [3.63, 3.8) is 0 Å². The Morgan fingerprint density at radius 2 is 0.393 bits per heavy atom. The molecular weight excluding hydrogens is 1520 g/mol. The second-order valence-electron chi connectivity index (χ2n) is 39.5. The molecule has 0 aromatic heterocycles. The van der Waals surface area contributed by atoms with Crippen molar-refractivity contribution in [3.05, 3.63) is 101 Å². The van der Waals surface area contributed by atoms with Gasteiger partial charge in [-0.2, -0.15) is 12.8 Å². The normalized spacial score (nSPS) is 12.1. The van der Waals surface area contributed by atoms with Crippen LogP contribution in [0.4, 0.5) is 0 Å². The van der Waals surface area contributed by atoms with E-state index in [0.717, 1.165) is 54.6 Å². The molecule has 0 saturated heterocycles. The van der Waals surface area contributed by atoms with Gasteiger partial charge in [-0.3, -0.25) is 0 Å². The van der Waals surface area contributed by atoms with Gasteiger partial charge in [0.2, 0.25) is 11.4 Å². The second-order valence-corrected chi connectivity index (χ2v) is 39.5. The summed E-state index contributed by atoms with van der Waals surface area (Å²) in [5.74, 6) is 0. The monoisotopic (exact) mass is 1740 g/mol. The van der Waals surface area contributed by atoms with Crippen molar-refractivity contribution in [2.45, 2.75) is 652 Å². The Labute approximate surface area is 780 Å². The van der Waals surface area contributed by atoms with Gasteiger partial charge in [0.05, 0.1) is 0 Å². The first-order chi connectivity index (χ1) is 59.9. The second kappa shape index (κ2) is 101. The van der Waals surface area contributed by atoms with Crippen molar-refractivity contribution in [1.82, 2.24) is 0 Å². The van der Waals surface area contributed by atoms with Crippen LogP contribution >= 0.6 is 0 Å². The summed E-state index contributed by atoms with van der Waals surface area (Å²) in [5.41, 5.74) is 21.5. The molecule has 2 aromatic carbocycles. The standard InChI is InChI=1S/C59H98N2.2C30H61.Ni/c1-5-8-11-13-15-16-17-18-19-20-21-22-23-24-25-26-27-28-29-30-31-32-33-34-35-36-39-43-54-44-41-45-56(51-54)59-57(46-40-37-14-12-9-6-2)52(4)58(61(59)60)55-49-47-53(48-50-55)42-38-10-7-3;2*1-3-5-7-9-11-13-15-17-19-21-23-25-27-29-30-28-26-24-22-20-18-16-14-12-10-8-6-4-2;/h41,44-45,47-51H,5-40,42-43,46H2,1-4H3;2*1,3-30H2,2H3;/q;2*-1;+2. The van der Waals surface area contributed by atoms with Crippen molar-refractivity contribution in [1.29, 1.82) is 0 Å². The number of unbranched alkanes of at least 4 members (excludes halogenated alkanes) is 87. The number of benzene rings is 2. The van der Waals surface area contributed by atoms with Gasteiger partial charge in [0, 0.05) is 22.3 Å².